The summed E-state index contributed by atoms with van der Waals surface area (Å²) in [6.07, 6.45) is 3.48. The monoisotopic (exact) mass is 344 g/mol. The van der Waals surface area contributed by atoms with E-state index in [-0.39, 0.29) is 24.3 Å². The van der Waals surface area contributed by atoms with Crippen molar-refractivity contribution in [2.24, 2.45) is 0 Å². The van der Waals surface area contributed by atoms with Gasteiger partial charge in [0.05, 0.1) is 12.5 Å². The van der Waals surface area contributed by atoms with Crippen LogP contribution in [0.25, 0.3) is 6.08 Å². The molecule has 0 aromatic heterocycles. The SMILES string of the molecule is CCC(C)OC(=O)CC1C(=O)NCCN1C(=O)/C=C/c1ccccc1. The van der Waals surface area contributed by atoms with Gasteiger partial charge in [-0.1, -0.05) is 37.3 Å². The van der Waals surface area contributed by atoms with Gasteiger partial charge in [-0.05, 0) is 25.0 Å². The Kier molecular flexibility index (Phi) is 6.74. The lowest BCUT2D eigenvalue weighted by Crippen LogP contribution is -2.57. The van der Waals surface area contributed by atoms with Crippen LogP contribution in [0.5, 0.6) is 0 Å². The van der Waals surface area contributed by atoms with Gasteiger partial charge in [-0.3, -0.25) is 14.4 Å². The fourth-order valence-corrected chi connectivity index (χ4v) is 2.52. The van der Waals surface area contributed by atoms with Crippen molar-refractivity contribution in [2.45, 2.75) is 38.8 Å². The molecular weight excluding hydrogens is 320 g/mol. The van der Waals surface area contributed by atoms with Gasteiger partial charge in [0.2, 0.25) is 11.8 Å². The van der Waals surface area contributed by atoms with E-state index in [2.05, 4.69) is 5.32 Å². The van der Waals surface area contributed by atoms with Gasteiger partial charge in [0, 0.05) is 19.2 Å². The van der Waals surface area contributed by atoms with Crippen molar-refractivity contribution in [3.8, 4) is 0 Å². The molecule has 6 heteroatoms. The van der Waals surface area contributed by atoms with Gasteiger partial charge < -0.3 is 15.0 Å². The van der Waals surface area contributed by atoms with Crippen molar-refractivity contribution in [3.63, 3.8) is 0 Å². The number of ether oxygens (including phenoxy) is 1. The van der Waals surface area contributed by atoms with Crippen molar-refractivity contribution in [1.29, 1.82) is 0 Å². The molecule has 1 aliphatic heterocycles. The molecule has 25 heavy (non-hydrogen) atoms. The number of amides is 2. The lowest BCUT2D eigenvalue weighted by Gasteiger charge is -2.34. The second-order valence-electron chi connectivity index (χ2n) is 6.00. The molecule has 0 aliphatic carbocycles. The van der Waals surface area contributed by atoms with Crippen LogP contribution >= 0.6 is 0 Å². The van der Waals surface area contributed by atoms with E-state index in [1.165, 1.54) is 11.0 Å². The fraction of sp³-hybridized carbons (Fsp3) is 0.421. The minimum Gasteiger partial charge on any atom is -0.463 e. The molecule has 1 heterocycles. The second kappa shape index (κ2) is 9.01. The zero-order valence-electron chi connectivity index (χ0n) is 14.6. The highest BCUT2D eigenvalue weighted by Crippen LogP contribution is 2.13. The van der Waals surface area contributed by atoms with Crippen LogP contribution in [0, 0.1) is 0 Å². The summed E-state index contributed by atoms with van der Waals surface area (Å²) in [5, 5.41) is 2.70. The molecule has 2 rings (SSSR count). The van der Waals surface area contributed by atoms with Crippen LogP contribution in [0.1, 0.15) is 32.3 Å². The average molecular weight is 344 g/mol. The topological polar surface area (TPSA) is 75.7 Å². The zero-order valence-corrected chi connectivity index (χ0v) is 14.6. The highest BCUT2D eigenvalue weighted by molar-refractivity contribution is 5.97. The van der Waals surface area contributed by atoms with E-state index in [1.807, 2.05) is 37.3 Å². The summed E-state index contributed by atoms with van der Waals surface area (Å²) in [6.45, 7) is 4.45. The lowest BCUT2D eigenvalue weighted by atomic mass is 10.1. The third-order valence-corrected chi connectivity index (χ3v) is 4.10. The summed E-state index contributed by atoms with van der Waals surface area (Å²) in [5.41, 5.74) is 0.894. The summed E-state index contributed by atoms with van der Waals surface area (Å²) >= 11 is 0. The molecule has 2 atom stereocenters. The Hall–Kier alpha value is -2.63. The lowest BCUT2D eigenvalue weighted by molar-refractivity contribution is -0.154. The van der Waals surface area contributed by atoms with Crippen LogP contribution in [-0.2, 0) is 19.1 Å². The number of nitrogens with one attached hydrogen (secondary N) is 1. The highest BCUT2D eigenvalue weighted by Gasteiger charge is 2.34. The predicted molar refractivity (Wildman–Crippen MR) is 94.4 cm³/mol. The van der Waals surface area contributed by atoms with Gasteiger partial charge in [-0.25, -0.2) is 0 Å². The van der Waals surface area contributed by atoms with Gasteiger partial charge in [0.25, 0.3) is 0 Å². The van der Waals surface area contributed by atoms with Crippen molar-refractivity contribution in [2.75, 3.05) is 13.1 Å². The first-order valence-electron chi connectivity index (χ1n) is 8.52. The quantitative estimate of drug-likeness (QED) is 0.630. The Bertz CT molecular complexity index is 642. The Morgan fingerprint density at radius 3 is 2.76 bits per heavy atom. The molecule has 6 nitrogen and oxygen atoms in total. The molecule has 2 unspecified atom stereocenters. The standard InChI is InChI=1S/C19H24N2O4/c1-3-14(2)25-18(23)13-16-19(24)20-11-12-21(16)17(22)10-9-15-7-5-4-6-8-15/h4-10,14,16H,3,11-13H2,1-2H3,(H,20,24)/b10-9+. The predicted octanol–water partition coefficient (Wildman–Crippen LogP) is 1.76. The van der Waals surface area contributed by atoms with E-state index in [0.717, 1.165) is 5.56 Å². The number of carbonyl (C=O) groups is 3. The fourth-order valence-electron chi connectivity index (χ4n) is 2.52. The summed E-state index contributed by atoms with van der Waals surface area (Å²) in [4.78, 5) is 38.1. The van der Waals surface area contributed by atoms with Crippen LogP contribution in [0.2, 0.25) is 0 Å². The van der Waals surface area contributed by atoms with Crippen molar-refractivity contribution < 1.29 is 19.1 Å². The summed E-state index contributed by atoms with van der Waals surface area (Å²) in [7, 11) is 0. The molecule has 0 bridgehead atoms. The Balaban J connectivity index is 2.05. The summed E-state index contributed by atoms with van der Waals surface area (Å²) in [5.74, 6) is -1.09. The number of carbonyl (C=O) groups excluding carboxylic acids is 3. The number of esters is 1. The number of hydrogen-bond donors (Lipinski definition) is 1. The van der Waals surface area contributed by atoms with Gasteiger partial charge in [-0.15, -0.1) is 0 Å². The summed E-state index contributed by atoms with van der Waals surface area (Å²) in [6, 6.07) is 8.59. The molecule has 1 saturated heterocycles. The number of piperazine rings is 1. The minimum atomic E-state index is -0.835. The number of nitrogens with zero attached hydrogens (tertiary/aromatic N) is 1. The van der Waals surface area contributed by atoms with E-state index >= 15 is 0 Å². The number of rotatable bonds is 6. The van der Waals surface area contributed by atoms with Crippen LogP contribution in [0.4, 0.5) is 0 Å². The minimum absolute atomic E-state index is 0.138. The maximum absolute atomic E-state index is 12.5. The molecule has 0 radical (unpaired) electrons. The number of benzene rings is 1. The smallest absolute Gasteiger partial charge is 0.308 e. The van der Waals surface area contributed by atoms with Crippen LogP contribution < -0.4 is 5.32 Å². The average Bonchev–Trinajstić information content (AvgIpc) is 2.62. The molecule has 1 aliphatic rings. The molecule has 1 aromatic rings. The molecule has 1 N–H and O–H groups in total. The van der Waals surface area contributed by atoms with Crippen molar-refractivity contribution >= 4 is 23.9 Å². The Morgan fingerprint density at radius 1 is 1.36 bits per heavy atom. The highest BCUT2D eigenvalue weighted by atomic mass is 16.5. The van der Waals surface area contributed by atoms with Crippen LogP contribution in [-0.4, -0.2) is 47.9 Å². The van der Waals surface area contributed by atoms with E-state index < -0.39 is 12.0 Å². The maximum Gasteiger partial charge on any atom is 0.308 e. The van der Waals surface area contributed by atoms with Crippen molar-refractivity contribution in [1.82, 2.24) is 10.2 Å². The molecule has 134 valence electrons. The van der Waals surface area contributed by atoms with Gasteiger partial charge >= 0.3 is 5.97 Å². The third kappa shape index (κ3) is 5.45. The first-order valence-corrected chi connectivity index (χ1v) is 8.52. The molecule has 0 saturated carbocycles. The van der Waals surface area contributed by atoms with E-state index in [1.54, 1.807) is 13.0 Å². The third-order valence-electron chi connectivity index (χ3n) is 4.10. The van der Waals surface area contributed by atoms with Crippen LogP contribution in [0.15, 0.2) is 36.4 Å². The number of hydrogen-bond acceptors (Lipinski definition) is 4. The van der Waals surface area contributed by atoms with Gasteiger partial charge in [0.1, 0.15) is 6.04 Å². The first-order chi connectivity index (χ1) is 12.0. The molecule has 0 spiro atoms. The first kappa shape index (κ1) is 18.7. The zero-order chi connectivity index (χ0) is 18.2. The Morgan fingerprint density at radius 2 is 2.08 bits per heavy atom. The molecule has 1 aromatic carbocycles. The van der Waals surface area contributed by atoms with Crippen molar-refractivity contribution in [3.05, 3.63) is 42.0 Å². The maximum atomic E-state index is 12.5. The van der Waals surface area contributed by atoms with Gasteiger partial charge in [0.15, 0.2) is 0 Å². The van der Waals surface area contributed by atoms with Crippen LogP contribution in [0.3, 0.4) is 0 Å². The Labute approximate surface area is 147 Å². The van der Waals surface area contributed by atoms with E-state index in [0.29, 0.717) is 19.5 Å². The van der Waals surface area contributed by atoms with Gasteiger partial charge in [-0.2, -0.15) is 0 Å². The second-order valence-corrected chi connectivity index (χ2v) is 6.00. The molecular formula is C19H24N2O4. The largest absolute Gasteiger partial charge is 0.463 e. The van der Waals surface area contributed by atoms with E-state index in [4.69, 9.17) is 4.74 Å². The molecule has 2 amide bonds. The summed E-state index contributed by atoms with van der Waals surface area (Å²) < 4.78 is 5.23. The van der Waals surface area contributed by atoms with E-state index in [9.17, 15) is 14.4 Å². The normalized spacial score (nSPS) is 18.7. The molecule has 1 fully saturated rings.